The summed E-state index contributed by atoms with van der Waals surface area (Å²) < 4.78 is 5.13. The zero-order valence-electron chi connectivity index (χ0n) is 13.6. The molecule has 8 nitrogen and oxygen atoms in total. The van der Waals surface area contributed by atoms with Gasteiger partial charge >= 0.3 is 12.0 Å². The molecule has 1 atom stereocenters. The summed E-state index contributed by atoms with van der Waals surface area (Å²) in [6.45, 7) is 1.75. The molecule has 4 amide bonds. The maximum Gasteiger partial charge on any atom is 0.326 e. The minimum absolute atomic E-state index is 0.196. The van der Waals surface area contributed by atoms with Crippen molar-refractivity contribution in [1.82, 2.24) is 10.2 Å². The van der Waals surface area contributed by atoms with Crippen molar-refractivity contribution >= 4 is 41.3 Å². The van der Waals surface area contributed by atoms with Gasteiger partial charge < -0.3 is 10.1 Å². The summed E-state index contributed by atoms with van der Waals surface area (Å²) in [6.07, 6.45) is -1.10. The molecule has 0 saturated carbocycles. The van der Waals surface area contributed by atoms with E-state index in [0.29, 0.717) is 12.2 Å². The zero-order chi connectivity index (χ0) is 18.0. The van der Waals surface area contributed by atoms with Gasteiger partial charge in [0.15, 0.2) is 6.10 Å². The van der Waals surface area contributed by atoms with Gasteiger partial charge in [0.25, 0.3) is 5.91 Å². The fourth-order valence-corrected chi connectivity index (χ4v) is 3.58. The number of hydrogen-bond donors (Lipinski definition) is 1. The van der Waals surface area contributed by atoms with Gasteiger partial charge in [-0.1, -0.05) is 12.1 Å². The summed E-state index contributed by atoms with van der Waals surface area (Å²) in [4.78, 5) is 51.2. The molecule has 1 fully saturated rings. The predicted octanol–water partition coefficient (Wildman–Crippen LogP) is 0.609. The molecule has 3 rings (SSSR count). The SMILES string of the molecule is C[C@H](OC(=O)CN1C(=O)CSc2ccccc21)C(=O)N1CCNC1=O. The van der Waals surface area contributed by atoms with E-state index in [0.717, 1.165) is 9.80 Å². The van der Waals surface area contributed by atoms with Gasteiger partial charge in [0.2, 0.25) is 5.91 Å². The van der Waals surface area contributed by atoms with E-state index in [-0.39, 0.29) is 24.7 Å². The van der Waals surface area contributed by atoms with Crippen molar-refractivity contribution in [3.63, 3.8) is 0 Å². The van der Waals surface area contributed by atoms with E-state index in [2.05, 4.69) is 5.32 Å². The largest absolute Gasteiger partial charge is 0.451 e. The molecule has 0 spiro atoms. The van der Waals surface area contributed by atoms with Crippen LogP contribution in [0.15, 0.2) is 29.2 Å². The van der Waals surface area contributed by atoms with E-state index in [1.54, 1.807) is 12.1 Å². The second-order valence-corrected chi connectivity index (χ2v) is 6.61. The summed E-state index contributed by atoms with van der Waals surface area (Å²) in [7, 11) is 0. The quantitative estimate of drug-likeness (QED) is 0.788. The van der Waals surface area contributed by atoms with Crippen LogP contribution in [0, 0.1) is 0 Å². The van der Waals surface area contributed by atoms with Crippen LogP contribution >= 0.6 is 11.8 Å². The van der Waals surface area contributed by atoms with Crippen LogP contribution in [-0.4, -0.2) is 60.2 Å². The third kappa shape index (κ3) is 3.60. The number of ether oxygens (including phenoxy) is 1. The smallest absolute Gasteiger partial charge is 0.326 e. The first-order valence-corrected chi connectivity index (χ1v) is 8.77. The molecular weight excluding hydrogens is 346 g/mol. The number of hydrogen-bond acceptors (Lipinski definition) is 6. The van der Waals surface area contributed by atoms with Gasteiger partial charge in [0.05, 0.1) is 11.4 Å². The Morgan fingerprint density at radius 1 is 1.32 bits per heavy atom. The van der Waals surface area contributed by atoms with Gasteiger partial charge in [-0.05, 0) is 19.1 Å². The van der Waals surface area contributed by atoms with Gasteiger partial charge in [-0.3, -0.25) is 24.2 Å². The summed E-state index contributed by atoms with van der Waals surface area (Å²) in [5.41, 5.74) is 0.651. The number of nitrogens with zero attached hydrogens (tertiary/aromatic N) is 2. The van der Waals surface area contributed by atoms with Crippen LogP contribution in [0.5, 0.6) is 0 Å². The van der Waals surface area contributed by atoms with Crippen molar-refractivity contribution < 1.29 is 23.9 Å². The van der Waals surface area contributed by atoms with E-state index in [1.807, 2.05) is 12.1 Å². The molecule has 9 heteroatoms. The molecule has 2 heterocycles. The molecule has 1 aromatic rings. The number of urea groups is 1. The molecule has 25 heavy (non-hydrogen) atoms. The van der Waals surface area contributed by atoms with Gasteiger partial charge in [-0.25, -0.2) is 4.79 Å². The number of anilines is 1. The molecule has 0 aliphatic carbocycles. The Labute approximate surface area is 148 Å². The van der Waals surface area contributed by atoms with Crippen molar-refractivity contribution in [2.45, 2.75) is 17.9 Å². The zero-order valence-corrected chi connectivity index (χ0v) is 14.4. The van der Waals surface area contributed by atoms with Crippen LogP contribution < -0.4 is 10.2 Å². The number of rotatable bonds is 4. The van der Waals surface area contributed by atoms with E-state index < -0.39 is 24.0 Å². The van der Waals surface area contributed by atoms with Gasteiger partial charge in [-0.15, -0.1) is 11.8 Å². The highest BCUT2D eigenvalue weighted by Gasteiger charge is 2.33. The lowest BCUT2D eigenvalue weighted by Crippen LogP contribution is -2.44. The molecule has 1 saturated heterocycles. The number of benzene rings is 1. The lowest BCUT2D eigenvalue weighted by atomic mass is 10.2. The fraction of sp³-hybridized carbons (Fsp3) is 0.375. The Kier molecular flexibility index (Phi) is 4.93. The standard InChI is InChI=1S/C16H17N3O5S/c1-10(15(22)18-7-6-17-16(18)23)24-14(21)8-19-11-4-2-3-5-12(11)25-9-13(19)20/h2-5,10H,6-9H2,1H3,(H,17,23)/t10-/m0/s1. The lowest BCUT2D eigenvalue weighted by Gasteiger charge is -2.28. The Balaban J connectivity index is 1.63. The Morgan fingerprint density at radius 2 is 2.08 bits per heavy atom. The summed E-state index contributed by atoms with van der Waals surface area (Å²) in [6, 6.07) is 6.79. The summed E-state index contributed by atoms with van der Waals surface area (Å²) in [5.74, 6) is -1.23. The van der Waals surface area contributed by atoms with E-state index in [1.165, 1.54) is 23.6 Å². The third-order valence-electron chi connectivity index (χ3n) is 3.87. The average Bonchev–Trinajstić information content (AvgIpc) is 3.02. The van der Waals surface area contributed by atoms with Gasteiger partial charge in [-0.2, -0.15) is 0 Å². The molecule has 0 radical (unpaired) electrons. The number of amides is 4. The molecule has 132 valence electrons. The number of carbonyl (C=O) groups excluding carboxylic acids is 4. The van der Waals surface area contributed by atoms with Crippen LogP contribution in [0.4, 0.5) is 10.5 Å². The third-order valence-corrected chi connectivity index (χ3v) is 4.92. The Hall–Kier alpha value is -2.55. The van der Waals surface area contributed by atoms with Crippen LogP contribution in [0.25, 0.3) is 0 Å². The normalized spacial score (nSPS) is 17.8. The van der Waals surface area contributed by atoms with Crippen molar-refractivity contribution in [3.8, 4) is 0 Å². The van der Waals surface area contributed by atoms with Crippen molar-refractivity contribution in [1.29, 1.82) is 0 Å². The first kappa shape index (κ1) is 17.3. The van der Waals surface area contributed by atoms with Crippen molar-refractivity contribution in [3.05, 3.63) is 24.3 Å². The highest BCUT2D eigenvalue weighted by Crippen LogP contribution is 2.34. The average molecular weight is 363 g/mol. The Morgan fingerprint density at radius 3 is 2.80 bits per heavy atom. The molecule has 0 aromatic heterocycles. The molecule has 1 aromatic carbocycles. The summed E-state index contributed by atoms with van der Waals surface area (Å²) >= 11 is 1.41. The first-order chi connectivity index (χ1) is 12.0. The van der Waals surface area contributed by atoms with Gasteiger partial charge in [0.1, 0.15) is 6.54 Å². The monoisotopic (exact) mass is 363 g/mol. The highest BCUT2D eigenvalue weighted by atomic mass is 32.2. The van der Waals surface area contributed by atoms with Crippen LogP contribution in [-0.2, 0) is 19.1 Å². The highest BCUT2D eigenvalue weighted by molar-refractivity contribution is 8.00. The number of para-hydroxylation sites is 1. The maximum atomic E-state index is 12.2. The fourth-order valence-electron chi connectivity index (χ4n) is 2.64. The molecule has 0 bridgehead atoms. The first-order valence-electron chi connectivity index (χ1n) is 7.78. The number of esters is 1. The second kappa shape index (κ2) is 7.14. The maximum absolute atomic E-state index is 12.2. The predicted molar refractivity (Wildman–Crippen MR) is 90.2 cm³/mol. The molecule has 0 unspecified atom stereocenters. The minimum Gasteiger partial charge on any atom is -0.451 e. The minimum atomic E-state index is -1.10. The Bertz CT molecular complexity index is 738. The van der Waals surface area contributed by atoms with E-state index in [4.69, 9.17) is 4.74 Å². The topological polar surface area (TPSA) is 96.0 Å². The van der Waals surface area contributed by atoms with Gasteiger partial charge in [0, 0.05) is 18.0 Å². The number of imide groups is 1. The van der Waals surface area contributed by atoms with Crippen LogP contribution in [0.2, 0.25) is 0 Å². The molecule has 2 aliphatic heterocycles. The number of nitrogens with one attached hydrogen (secondary N) is 1. The molecule has 2 aliphatic rings. The second-order valence-electron chi connectivity index (χ2n) is 5.59. The number of carbonyl (C=O) groups is 4. The van der Waals surface area contributed by atoms with E-state index in [9.17, 15) is 19.2 Å². The summed E-state index contributed by atoms with van der Waals surface area (Å²) in [5, 5.41) is 2.51. The van der Waals surface area contributed by atoms with Crippen LogP contribution in [0.3, 0.4) is 0 Å². The number of thioether (sulfide) groups is 1. The molecule has 1 N–H and O–H groups in total. The number of fused-ring (bicyclic) bond motifs is 1. The van der Waals surface area contributed by atoms with Crippen LogP contribution in [0.1, 0.15) is 6.92 Å². The van der Waals surface area contributed by atoms with Crippen molar-refractivity contribution in [2.24, 2.45) is 0 Å². The molecular formula is C16H17N3O5S. The lowest BCUT2D eigenvalue weighted by molar-refractivity contribution is -0.156. The van der Waals surface area contributed by atoms with Crippen molar-refractivity contribution in [2.75, 3.05) is 30.3 Å². The van der Waals surface area contributed by atoms with E-state index >= 15 is 0 Å².